The Hall–Kier alpha value is -0.700. The van der Waals surface area contributed by atoms with Crippen molar-refractivity contribution in [2.75, 3.05) is 0 Å². The lowest BCUT2D eigenvalue weighted by molar-refractivity contribution is -0.151. The van der Waals surface area contributed by atoms with E-state index in [0.29, 0.717) is 47.6 Å². The quantitative estimate of drug-likeness (QED) is 0.600. The van der Waals surface area contributed by atoms with Crippen LogP contribution < -0.4 is 0 Å². The highest BCUT2D eigenvalue weighted by atomic mass is 16.3. The van der Waals surface area contributed by atoms with E-state index in [4.69, 9.17) is 0 Å². The maximum Gasteiger partial charge on any atom is 0.139 e. The monoisotopic (exact) mass is 416 g/mol. The minimum atomic E-state index is -0.888. The third-order valence-electron chi connectivity index (χ3n) is 10.4. The molecule has 4 saturated carbocycles. The van der Waals surface area contributed by atoms with Crippen LogP contribution in [-0.4, -0.2) is 22.3 Å². The van der Waals surface area contributed by atoms with Crippen molar-refractivity contribution in [3.8, 4) is 0 Å². The molecule has 0 heterocycles. The number of rotatable bonds is 5. The van der Waals surface area contributed by atoms with Gasteiger partial charge in [0.25, 0.3) is 0 Å². The van der Waals surface area contributed by atoms with E-state index in [1.165, 1.54) is 12.8 Å². The molecule has 4 aliphatic carbocycles. The summed E-state index contributed by atoms with van der Waals surface area (Å²) in [5.41, 5.74) is -0.674. The van der Waals surface area contributed by atoms with E-state index in [-0.39, 0.29) is 16.7 Å². The van der Waals surface area contributed by atoms with Crippen molar-refractivity contribution in [2.24, 2.45) is 46.3 Å². The second kappa shape index (κ2) is 7.71. The molecular formula is C27H44O3. The molecule has 8 atom stereocenters. The Morgan fingerprint density at radius 1 is 1.03 bits per heavy atom. The second-order valence-electron chi connectivity index (χ2n) is 12.7. The highest BCUT2D eigenvalue weighted by molar-refractivity contribution is 5.86. The third kappa shape index (κ3) is 3.51. The molecule has 0 aliphatic heterocycles. The Morgan fingerprint density at radius 3 is 2.47 bits per heavy atom. The van der Waals surface area contributed by atoms with Gasteiger partial charge in [0.2, 0.25) is 0 Å². The third-order valence-corrected chi connectivity index (χ3v) is 10.4. The van der Waals surface area contributed by atoms with E-state index in [0.717, 1.165) is 51.4 Å². The van der Waals surface area contributed by atoms with Crippen LogP contribution in [-0.2, 0) is 9.59 Å². The molecule has 0 saturated heterocycles. The fourth-order valence-electron chi connectivity index (χ4n) is 8.91. The molecule has 4 aliphatic rings. The maximum absolute atomic E-state index is 13.4. The van der Waals surface area contributed by atoms with Crippen LogP contribution in [0.5, 0.6) is 0 Å². The number of ketones is 2. The Bertz CT molecular complexity index is 694. The van der Waals surface area contributed by atoms with Gasteiger partial charge >= 0.3 is 0 Å². The van der Waals surface area contributed by atoms with E-state index < -0.39 is 5.60 Å². The summed E-state index contributed by atoms with van der Waals surface area (Å²) < 4.78 is 0. The first-order valence-electron chi connectivity index (χ1n) is 12.8. The summed E-state index contributed by atoms with van der Waals surface area (Å²) in [6.07, 6.45) is 10.7. The molecule has 3 heteroatoms. The summed E-state index contributed by atoms with van der Waals surface area (Å²) in [6, 6.07) is 0. The summed E-state index contributed by atoms with van der Waals surface area (Å²) >= 11 is 0. The first-order chi connectivity index (χ1) is 14.0. The van der Waals surface area contributed by atoms with Crippen LogP contribution in [0.15, 0.2) is 0 Å². The van der Waals surface area contributed by atoms with Crippen molar-refractivity contribution < 1.29 is 14.7 Å². The normalized spacial score (nSPS) is 45.6. The van der Waals surface area contributed by atoms with Crippen LogP contribution >= 0.6 is 0 Å². The molecular weight excluding hydrogens is 372 g/mol. The molecule has 0 amide bonds. The van der Waals surface area contributed by atoms with E-state index >= 15 is 0 Å². The van der Waals surface area contributed by atoms with Crippen molar-refractivity contribution in [1.82, 2.24) is 0 Å². The van der Waals surface area contributed by atoms with Gasteiger partial charge < -0.3 is 5.11 Å². The summed E-state index contributed by atoms with van der Waals surface area (Å²) in [5.74, 6) is 3.43. The van der Waals surface area contributed by atoms with Crippen molar-refractivity contribution in [3.05, 3.63) is 0 Å². The van der Waals surface area contributed by atoms with Crippen molar-refractivity contribution in [2.45, 2.75) is 111 Å². The molecule has 170 valence electrons. The molecule has 0 aromatic carbocycles. The van der Waals surface area contributed by atoms with E-state index in [1.807, 2.05) is 6.92 Å². The van der Waals surface area contributed by atoms with Gasteiger partial charge in [-0.15, -0.1) is 0 Å². The van der Waals surface area contributed by atoms with Gasteiger partial charge in [0.05, 0.1) is 11.5 Å². The SMILES string of the molecule is CC(C)CCC[C@](C)(O)[C@H]1C(=O)C[C@H]2[C@@H]3CCC4CC(=O)CC[C@]4(C)[C@H]3CC[C@@]21C. The van der Waals surface area contributed by atoms with Crippen LogP contribution in [0.4, 0.5) is 0 Å². The second-order valence-corrected chi connectivity index (χ2v) is 12.7. The zero-order valence-corrected chi connectivity index (χ0v) is 20.0. The predicted molar refractivity (Wildman–Crippen MR) is 120 cm³/mol. The minimum Gasteiger partial charge on any atom is -0.389 e. The first kappa shape index (κ1) is 22.5. The predicted octanol–water partition coefficient (Wildman–Crippen LogP) is 5.97. The largest absolute Gasteiger partial charge is 0.389 e. The topological polar surface area (TPSA) is 54.4 Å². The Labute approximate surface area is 183 Å². The highest BCUT2D eigenvalue weighted by Crippen LogP contribution is 2.67. The molecule has 0 bridgehead atoms. The van der Waals surface area contributed by atoms with Crippen LogP contribution in [0, 0.1) is 46.3 Å². The van der Waals surface area contributed by atoms with Crippen molar-refractivity contribution in [1.29, 1.82) is 0 Å². The van der Waals surface area contributed by atoms with E-state index in [1.54, 1.807) is 0 Å². The van der Waals surface area contributed by atoms with Gasteiger partial charge in [0.1, 0.15) is 11.6 Å². The summed E-state index contributed by atoms with van der Waals surface area (Å²) in [4.78, 5) is 25.5. The standard InChI is InChI=1S/C27H44O3/c1-17(2)7-6-12-27(5,30)24-23(29)16-22-20-9-8-18-15-19(28)10-13-25(18,3)21(20)11-14-26(22,24)4/h17-18,20-22,24,30H,6-16H2,1-5H3/t18?,20-,21+,22+,24+,25+,26+,27+/m1/s1. The van der Waals surface area contributed by atoms with Crippen LogP contribution in [0.25, 0.3) is 0 Å². The summed E-state index contributed by atoms with van der Waals surface area (Å²) in [7, 11) is 0. The minimum absolute atomic E-state index is 0.0622. The zero-order chi connectivity index (χ0) is 21.9. The number of hydrogen-bond donors (Lipinski definition) is 1. The molecule has 0 aromatic heterocycles. The fraction of sp³-hybridized carbons (Fsp3) is 0.926. The molecule has 0 spiro atoms. The molecule has 1 N–H and O–H groups in total. The smallest absolute Gasteiger partial charge is 0.139 e. The molecule has 30 heavy (non-hydrogen) atoms. The Morgan fingerprint density at radius 2 is 1.77 bits per heavy atom. The number of Topliss-reactive ketones (excluding diaryl/α,β-unsaturated/α-hetero) is 2. The zero-order valence-electron chi connectivity index (χ0n) is 20.0. The molecule has 1 unspecified atom stereocenters. The number of fused-ring (bicyclic) bond motifs is 5. The van der Waals surface area contributed by atoms with Gasteiger partial charge in [-0.2, -0.15) is 0 Å². The summed E-state index contributed by atoms with van der Waals surface area (Å²) in [6.45, 7) is 11.2. The van der Waals surface area contributed by atoms with Crippen LogP contribution in [0.1, 0.15) is 105 Å². The Kier molecular flexibility index (Phi) is 5.78. The lowest BCUT2D eigenvalue weighted by atomic mass is 9.44. The van der Waals surface area contributed by atoms with Gasteiger partial charge in [0, 0.05) is 19.3 Å². The Balaban J connectivity index is 1.56. The maximum atomic E-state index is 13.4. The van der Waals surface area contributed by atoms with Crippen LogP contribution in [0.3, 0.4) is 0 Å². The van der Waals surface area contributed by atoms with Crippen LogP contribution in [0.2, 0.25) is 0 Å². The van der Waals surface area contributed by atoms with Gasteiger partial charge in [-0.25, -0.2) is 0 Å². The average molecular weight is 417 g/mol. The fourth-order valence-corrected chi connectivity index (χ4v) is 8.91. The molecule has 4 rings (SSSR count). The lowest BCUT2D eigenvalue weighted by Gasteiger charge is -2.60. The van der Waals surface area contributed by atoms with E-state index in [9.17, 15) is 14.7 Å². The van der Waals surface area contributed by atoms with E-state index in [2.05, 4.69) is 27.7 Å². The molecule has 0 aromatic rings. The number of hydrogen-bond acceptors (Lipinski definition) is 3. The number of carbonyl (C=O) groups is 2. The molecule has 0 radical (unpaired) electrons. The van der Waals surface area contributed by atoms with Gasteiger partial charge in [-0.1, -0.05) is 40.5 Å². The number of aliphatic hydroxyl groups is 1. The lowest BCUT2D eigenvalue weighted by Crippen LogP contribution is -2.55. The van der Waals surface area contributed by atoms with Gasteiger partial charge in [0.15, 0.2) is 0 Å². The average Bonchev–Trinajstić information content (AvgIpc) is 2.92. The molecule has 3 nitrogen and oxygen atoms in total. The highest BCUT2D eigenvalue weighted by Gasteiger charge is 2.65. The molecule has 4 fully saturated rings. The van der Waals surface area contributed by atoms with Crippen molar-refractivity contribution >= 4 is 11.6 Å². The van der Waals surface area contributed by atoms with Gasteiger partial charge in [-0.3, -0.25) is 9.59 Å². The summed E-state index contributed by atoms with van der Waals surface area (Å²) in [5, 5.41) is 11.5. The first-order valence-corrected chi connectivity index (χ1v) is 12.8. The van der Waals surface area contributed by atoms with Crippen molar-refractivity contribution in [3.63, 3.8) is 0 Å². The number of carbonyl (C=O) groups excluding carboxylic acids is 2. The van der Waals surface area contributed by atoms with Gasteiger partial charge in [-0.05, 0) is 85.9 Å².